The lowest BCUT2D eigenvalue weighted by Crippen LogP contribution is -2.14. The van der Waals surface area contributed by atoms with Gasteiger partial charge in [0.05, 0.1) is 16.4 Å². The van der Waals surface area contributed by atoms with Gasteiger partial charge in [-0.1, -0.05) is 15.9 Å². The number of aliphatic hydroxyl groups is 1. The van der Waals surface area contributed by atoms with Crippen molar-refractivity contribution in [3.63, 3.8) is 0 Å². The molecule has 0 fully saturated rings. The van der Waals surface area contributed by atoms with E-state index in [2.05, 4.69) is 15.9 Å². The average molecular weight is 276 g/mol. The Morgan fingerprint density at radius 1 is 1.47 bits per heavy atom. The zero-order valence-corrected chi connectivity index (χ0v) is 9.38. The van der Waals surface area contributed by atoms with Gasteiger partial charge in [-0.05, 0) is 12.1 Å². The molecule has 0 radical (unpaired) electrons. The lowest BCUT2D eigenvalue weighted by Gasteiger charge is -2.08. The number of alkyl halides is 1. The molecule has 0 aliphatic heterocycles. The zero-order chi connectivity index (χ0) is 11.3. The van der Waals surface area contributed by atoms with Crippen LogP contribution < -0.4 is 4.74 Å². The van der Waals surface area contributed by atoms with Gasteiger partial charge in [-0.25, -0.2) is 0 Å². The Labute approximate surface area is 95.0 Å². The van der Waals surface area contributed by atoms with E-state index >= 15 is 0 Å². The lowest BCUT2D eigenvalue weighted by molar-refractivity contribution is -0.384. The van der Waals surface area contributed by atoms with Gasteiger partial charge in [0.2, 0.25) is 0 Å². The first-order chi connectivity index (χ1) is 7.13. The molecule has 82 valence electrons. The zero-order valence-electron chi connectivity index (χ0n) is 7.80. The van der Waals surface area contributed by atoms with Crippen LogP contribution in [0.2, 0.25) is 0 Å². The fourth-order valence-electron chi connectivity index (χ4n) is 0.903. The molecule has 0 saturated heterocycles. The van der Waals surface area contributed by atoms with E-state index in [0.29, 0.717) is 12.4 Å². The van der Waals surface area contributed by atoms with Crippen molar-refractivity contribution in [3.8, 4) is 5.75 Å². The minimum Gasteiger partial charge on any atom is -0.492 e. The highest BCUT2D eigenvalue weighted by atomic mass is 79.9. The van der Waals surface area contributed by atoms with Crippen LogP contribution in [0.1, 0.15) is 0 Å². The second-order valence-corrected chi connectivity index (χ2v) is 4.14. The van der Waals surface area contributed by atoms with Crippen molar-refractivity contribution in [2.75, 3.05) is 13.2 Å². The number of benzene rings is 1. The Balaban J connectivity index is 2.53. The third-order valence-electron chi connectivity index (χ3n) is 1.68. The summed E-state index contributed by atoms with van der Waals surface area (Å²) < 4.78 is 5.26. The molecule has 1 aromatic rings. The third kappa shape index (κ3) is 3.85. The number of non-ortho nitro benzene ring substituents is 1. The molecule has 1 aromatic carbocycles. The van der Waals surface area contributed by atoms with Crippen molar-refractivity contribution < 1.29 is 14.8 Å². The fraction of sp³-hybridized carbons (Fsp3) is 0.333. The maximum Gasteiger partial charge on any atom is 0.269 e. The number of rotatable bonds is 5. The smallest absolute Gasteiger partial charge is 0.269 e. The first-order valence-electron chi connectivity index (χ1n) is 4.25. The number of hydrogen-bond donors (Lipinski definition) is 1. The highest BCUT2D eigenvalue weighted by Crippen LogP contribution is 2.17. The van der Waals surface area contributed by atoms with E-state index < -0.39 is 4.92 Å². The number of aliphatic hydroxyl groups excluding tert-OH is 1. The Kier molecular flexibility index (Phi) is 4.51. The van der Waals surface area contributed by atoms with Gasteiger partial charge >= 0.3 is 0 Å². The first kappa shape index (κ1) is 11.9. The van der Waals surface area contributed by atoms with E-state index in [1.54, 1.807) is 0 Å². The summed E-state index contributed by atoms with van der Waals surface area (Å²) in [5, 5.41) is 19.1. The Morgan fingerprint density at radius 3 is 2.53 bits per heavy atom. The molecule has 1 N–H and O–H groups in total. The van der Waals surface area contributed by atoms with Gasteiger partial charge in [-0.3, -0.25) is 10.1 Å². The molecule has 0 amide bonds. The van der Waals surface area contributed by atoms with Gasteiger partial charge in [0, 0.05) is 12.1 Å². The van der Waals surface area contributed by atoms with Gasteiger partial charge in [0.25, 0.3) is 5.69 Å². The van der Waals surface area contributed by atoms with Crippen LogP contribution in [0, 0.1) is 10.1 Å². The Morgan fingerprint density at radius 2 is 2.07 bits per heavy atom. The quantitative estimate of drug-likeness (QED) is 0.505. The third-order valence-corrected chi connectivity index (χ3v) is 2.23. The van der Waals surface area contributed by atoms with E-state index in [0.717, 1.165) is 0 Å². The normalized spacial score (nSPS) is 12.1. The molecule has 0 aliphatic rings. The van der Waals surface area contributed by atoms with Crippen molar-refractivity contribution in [1.82, 2.24) is 0 Å². The van der Waals surface area contributed by atoms with Gasteiger partial charge in [-0.15, -0.1) is 0 Å². The first-order valence-corrected chi connectivity index (χ1v) is 5.17. The van der Waals surface area contributed by atoms with Gasteiger partial charge in [0.15, 0.2) is 0 Å². The fourth-order valence-corrected chi connectivity index (χ4v) is 1.04. The molecular formula is C9H10BrNO4. The van der Waals surface area contributed by atoms with E-state index in [1.165, 1.54) is 24.3 Å². The Hall–Kier alpha value is -1.14. The minimum atomic E-state index is -0.467. The van der Waals surface area contributed by atoms with Crippen molar-refractivity contribution in [1.29, 1.82) is 0 Å². The SMILES string of the molecule is O=[N+]([O-])c1ccc(OCC(Br)CO)cc1. The van der Waals surface area contributed by atoms with Gasteiger partial charge < -0.3 is 9.84 Å². The largest absolute Gasteiger partial charge is 0.492 e. The predicted octanol–water partition coefficient (Wildman–Crippen LogP) is 1.73. The van der Waals surface area contributed by atoms with Crippen LogP contribution in [0.3, 0.4) is 0 Å². The Bertz CT molecular complexity index is 327. The second kappa shape index (κ2) is 5.67. The molecule has 1 rings (SSSR count). The second-order valence-electron chi connectivity index (χ2n) is 2.84. The van der Waals surface area contributed by atoms with E-state index in [-0.39, 0.29) is 17.1 Å². The summed E-state index contributed by atoms with van der Waals surface area (Å²) in [6.07, 6.45) is 0. The van der Waals surface area contributed by atoms with Crippen LogP contribution in [0.25, 0.3) is 0 Å². The van der Waals surface area contributed by atoms with Crippen LogP contribution in [-0.4, -0.2) is 28.1 Å². The average Bonchev–Trinajstić information content (AvgIpc) is 2.26. The summed E-state index contributed by atoms with van der Waals surface area (Å²) in [6, 6.07) is 5.79. The summed E-state index contributed by atoms with van der Waals surface area (Å²) in [5.41, 5.74) is 0.0277. The molecule has 1 unspecified atom stereocenters. The summed E-state index contributed by atoms with van der Waals surface area (Å²) in [5.74, 6) is 0.540. The maximum absolute atomic E-state index is 10.3. The van der Waals surface area contributed by atoms with Crippen molar-refractivity contribution in [2.45, 2.75) is 4.83 Å². The van der Waals surface area contributed by atoms with Gasteiger partial charge in [0.1, 0.15) is 12.4 Å². The molecule has 0 spiro atoms. The molecule has 0 saturated carbocycles. The number of nitro groups is 1. The summed E-state index contributed by atoms with van der Waals surface area (Å²) in [4.78, 5) is 9.75. The van der Waals surface area contributed by atoms with Crippen molar-refractivity contribution in [2.24, 2.45) is 0 Å². The van der Waals surface area contributed by atoms with Crippen LogP contribution in [0.5, 0.6) is 5.75 Å². The number of halogens is 1. The highest BCUT2D eigenvalue weighted by Gasteiger charge is 2.06. The molecule has 0 bridgehead atoms. The molecule has 0 heterocycles. The number of ether oxygens (including phenoxy) is 1. The molecule has 1 atom stereocenters. The molecule has 0 aliphatic carbocycles. The van der Waals surface area contributed by atoms with Crippen molar-refractivity contribution in [3.05, 3.63) is 34.4 Å². The number of nitro benzene ring substituents is 1. The minimum absolute atomic E-state index is 0.0209. The number of hydrogen-bond acceptors (Lipinski definition) is 4. The lowest BCUT2D eigenvalue weighted by atomic mass is 10.3. The van der Waals surface area contributed by atoms with Crippen LogP contribution in [0.4, 0.5) is 5.69 Å². The van der Waals surface area contributed by atoms with E-state index in [4.69, 9.17) is 9.84 Å². The van der Waals surface area contributed by atoms with Gasteiger partial charge in [-0.2, -0.15) is 0 Å². The molecule has 0 aromatic heterocycles. The van der Waals surface area contributed by atoms with Crippen LogP contribution in [0.15, 0.2) is 24.3 Å². The van der Waals surface area contributed by atoms with E-state index in [9.17, 15) is 10.1 Å². The summed E-state index contributed by atoms with van der Waals surface area (Å²) in [7, 11) is 0. The monoisotopic (exact) mass is 275 g/mol. The molecular weight excluding hydrogens is 266 g/mol. The molecule has 15 heavy (non-hydrogen) atoms. The standard InChI is InChI=1S/C9H10BrNO4/c10-7(5-12)6-15-9-3-1-8(2-4-9)11(13)14/h1-4,7,12H,5-6H2. The summed E-state index contributed by atoms with van der Waals surface area (Å²) >= 11 is 3.19. The number of nitrogens with zero attached hydrogens (tertiary/aromatic N) is 1. The molecule has 6 heteroatoms. The topological polar surface area (TPSA) is 72.6 Å². The maximum atomic E-state index is 10.3. The van der Waals surface area contributed by atoms with Crippen molar-refractivity contribution >= 4 is 21.6 Å². The summed E-state index contributed by atoms with van der Waals surface area (Å²) in [6.45, 7) is 0.293. The highest BCUT2D eigenvalue weighted by molar-refractivity contribution is 9.09. The molecule has 5 nitrogen and oxygen atoms in total. The van der Waals surface area contributed by atoms with E-state index in [1.807, 2.05) is 0 Å². The van der Waals surface area contributed by atoms with Crippen LogP contribution in [-0.2, 0) is 0 Å². The van der Waals surface area contributed by atoms with Crippen LogP contribution >= 0.6 is 15.9 Å². The predicted molar refractivity (Wildman–Crippen MR) is 58.4 cm³/mol.